The zero-order valence-electron chi connectivity index (χ0n) is 20.1. The SMILES string of the molecule is CCCCCC/C=C/CCCCCCCCCCCCOC[C@@H](O)[C@H]1OC[C@H](O)[C@H]1O. The molecule has 1 rings (SSSR count). The molecule has 0 saturated carbocycles. The van der Waals surface area contributed by atoms with Gasteiger partial charge in [0, 0.05) is 6.61 Å². The number of ether oxygens (including phenoxy) is 2. The van der Waals surface area contributed by atoms with Crippen LogP contribution in [-0.2, 0) is 9.47 Å². The first kappa shape index (κ1) is 28.6. The second kappa shape index (κ2) is 20.2. The molecule has 0 amide bonds. The summed E-state index contributed by atoms with van der Waals surface area (Å²) < 4.78 is 10.7. The monoisotopic (exact) mass is 442 g/mol. The lowest BCUT2D eigenvalue weighted by Crippen LogP contribution is -2.40. The molecule has 1 saturated heterocycles. The third-order valence-electron chi connectivity index (χ3n) is 6.16. The predicted molar refractivity (Wildman–Crippen MR) is 127 cm³/mol. The molecule has 0 aromatic rings. The summed E-state index contributed by atoms with van der Waals surface area (Å²) in [6.45, 7) is 3.09. The molecule has 0 aromatic heterocycles. The second-order valence-electron chi connectivity index (χ2n) is 9.14. The van der Waals surface area contributed by atoms with Crippen molar-refractivity contribution in [2.75, 3.05) is 19.8 Å². The van der Waals surface area contributed by atoms with Crippen molar-refractivity contribution in [1.82, 2.24) is 0 Å². The van der Waals surface area contributed by atoms with Gasteiger partial charge in [0.25, 0.3) is 0 Å². The van der Waals surface area contributed by atoms with Crippen molar-refractivity contribution in [3.8, 4) is 0 Å². The van der Waals surface area contributed by atoms with Crippen molar-refractivity contribution >= 4 is 0 Å². The Bertz CT molecular complexity index is 415. The summed E-state index contributed by atoms with van der Waals surface area (Å²) >= 11 is 0. The fraction of sp³-hybridized carbons (Fsp3) is 0.923. The minimum absolute atomic E-state index is 0.0689. The molecule has 5 nitrogen and oxygen atoms in total. The molecule has 184 valence electrons. The van der Waals surface area contributed by atoms with Gasteiger partial charge in [-0.15, -0.1) is 0 Å². The Labute approximate surface area is 191 Å². The summed E-state index contributed by atoms with van der Waals surface area (Å²) in [5, 5.41) is 29.1. The van der Waals surface area contributed by atoms with Crippen LogP contribution in [0.2, 0.25) is 0 Å². The van der Waals surface area contributed by atoms with Crippen LogP contribution in [0.5, 0.6) is 0 Å². The third-order valence-corrected chi connectivity index (χ3v) is 6.16. The van der Waals surface area contributed by atoms with Gasteiger partial charge in [-0.05, 0) is 32.1 Å². The fourth-order valence-corrected chi connectivity index (χ4v) is 4.07. The van der Waals surface area contributed by atoms with E-state index in [4.69, 9.17) is 9.47 Å². The molecular formula is C26H50O5. The molecule has 1 heterocycles. The number of unbranched alkanes of at least 4 members (excludes halogenated alkanes) is 14. The molecular weight excluding hydrogens is 392 g/mol. The first-order valence-electron chi connectivity index (χ1n) is 13.0. The Balaban J connectivity index is 1.75. The zero-order valence-corrected chi connectivity index (χ0v) is 20.1. The largest absolute Gasteiger partial charge is 0.388 e. The maximum Gasteiger partial charge on any atom is 0.114 e. The van der Waals surface area contributed by atoms with Crippen LogP contribution in [-0.4, -0.2) is 59.6 Å². The van der Waals surface area contributed by atoms with E-state index >= 15 is 0 Å². The smallest absolute Gasteiger partial charge is 0.114 e. The summed E-state index contributed by atoms with van der Waals surface area (Å²) in [5.41, 5.74) is 0. The Kier molecular flexibility index (Phi) is 18.6. The summed E-state index contributed by atoms with van der Waals surface area (Å²) in [5.74, 6) is 0. The molecule has 1 aliphatic heterocycles. The molecule has 0 radical (unpaired) electrons. The van der Waals surface area contributed by atoms with Gasteiger partial charge in [0.05, 0.1) is 13.2 Å². The van der Waals surface area contributed by atoms with Gasteiger partial charge >= 0.3 is 0 Å². The summed E-state index contributed by atoms with van der Waals surface area (Å²) in [4.78, 5) is 0. The van der Waals surface area contributed by atoms with Crippen molar-refractivity contribution in [3.63, 3.8) is 0 Å². The van der Waals surface area contributed by atoms with E-state index < -0.39 is 24.4 Å². The van der Waals surface area contributed by atoms with Gasteiger partial charge in [0.2, 0.25) is 0 Å². The minimum atomic E-state index is -1.03. The molecule has 0 aliphatic carbocycles. The average molecular weight is 443 g/mol. The lowest BCUT2D eigenvalue weighted by molar-refractivity contribution is -0.0813. The lowest BCUT2D eigenvalue weighted by atomic mass is 10.1. The molecule has 4 atom stereocenters. The third kappa shape index (κ3) is 15.1. The van der Waals surface area contributed by atoms with Crippen LogP contribution in [0.3, 0.4) is 0 Å². The van der Waals surface area contributed by atoms with E-state index in [1.165, 1.54) is 89.9 Å². The Hall–Kier alpha value is -0.460. The maximum atomic E-state index is 9.96. The quantitative estimate of drug-likeness (QED) is 0.166. The van der Waals surface area contributed by atoms with Crippen LogP contribution in [0.25, 0.3) is 0 Å². The number of hydrogen-bond acceptors (Lipinski definition) is 5. The van der Waals surface area contributed by atoms with Crippen molar-refractivity contribution in [1.29, 1.82) is 0 Å². The highest BCUT2D eigenvalue weighted by atomic mass is 16.5. The van der Waals surface area contributed by atoms with Crippen molar-refractivity contribution in [2.24, 2.45) is 0 Å². The van der Waals surface area contributed by atoms with Crippen molar-refractivity contribution in [3.05, 3.63) is 12.2 Å². The first-order chi connectivity index (χ1) is 15.2. The highest BCUT2D eigenvalue weighted by Crippen LogP contribution is 2.18. The Morgan fingerprint density at radius 1 is 0.806 bits per heavy atom. The van der Waals surface area contributed by atoms with Gasteiger partial charge in [0.1, 0.15) is 24.4 Å². The van der Waals surface area contributed by atoms with Gasteiger partial charge in [-0.3, -0.25) is 0 Å². The van der Waals surface area contributed by atoms with E-state index in [1.807, 2.05) is 0 Å². The van der Waals surface area contributed by atoms with Gasteiger partial charge in [-0.1, -0.05) is 89.7 Å². The summed E-state index contributed by atoms with van der Waals surface area (Å²) in [6.07, 6.45) is 22.0. The zero-order chi connectivity index (χ0) is 22.6. The Morgan fingerprint density at radius 3 is 1.84 bits per heavy atom. The van der Waals surface area contributed by atoms with Crippen LogP contribution in [0.15, 0.2) is 12.2 Å². The van der Waals surface area contributed by atoms with Crippen LogP contribution in [0.1, 0.15) is 110 Å². The van der Waals surface area contributed by atoms with Gasteiger partial charge in [-0.25, -0.2) is 0 Å². The van der Waals surface area contributed by atoms with E-state index in [9.17, 15) is 15.3 Å². The topological polar surface area (TPSA) is 79.2 Å². The number of aliphatic hydroxyl groups excluding tert-OH is 3. The number of allylic oxidation sites excluding steroid dienone is 2. The average Bonchev–Trinajstić information content (AvgIpc) is 3.10. The number of hydrogen-bond donors (Lipinski definition) is 3. The van der Waals surface area contributed by atoms with E-state index in [1.54, 1.807) is 0 Å². The molecule has 0 bridgehead atoms. The second-order valence-corrected chi connectivity index (χ2v) is 9.14. The Morgan fingerprint density at radius 2 is 1.32 bits per heavy atom. The number of aliphatic hydroxyl groups is 3. The van der Waals surface area contributed by atoms with Crippen LogP contribution < -0.4 is 0 Å². The normalized spacial score (nSPS) is 22.5. The van der Waals surface area contributed by atoms with Crippen molar-refractivity contribution in [2.45, 2.75) is 134 Å². The molecule has 5 heteroatoms. The van der Waals surface area contributed by atoms with Crippen LogP contribution >= 0.6 is 0 Å². The van der Waals surface area contributed by atoms with Gasteiger partial charge in [-0.2, -0.15) is 0 Å². The standard InChI is InChI=1S/C26H50O5/c1-2-3-4-5-6-7-8-9-10-11-12-13-14-15-16-17-18-19-20-30-21-24(28)26-25(29)23(27)22-31-26/h7-8,23-29H,2-6,9-22H2,1H3/b8-7+/t23-,24+,25+,26+/m0/s1. The van der Waals surface area contributed by atoms with Gasteiger partial charge in [0.15, 0.2) is 0 Å². The van der Waals surface area contributed by atoms with E-state index in [2.05, 4.69) is 19.1 Å². The molecule has 0 spiro atoms. The van der Waals surface area contributed by atoms with E-state index in [-0.39, 0.29) is 13.2 Å². The minimum Gasteiger partial charge on any atom is -0.388 e. The fourth-order valence-electron chi connectivity index (χ4n) is 4.07. The molecule has 3 N–H and O–H groups in total. The summed E-state index contributed by atoms with van der Waals surface area (Å²) in [7, 11) is 0. The molecule has 31 heavy (non-hydrogen) atoms. The van der Waals surface area contributed by atoms with E-state index in [0.717, 1.165) is 12.8 Å². The first-order valence-corrected chi connectivity index (χ1v) is 13.0. The maximum absolute atomic E-state index is 9.96. The van der Waals surface area contributed by atoms with Crippen molar-refractivity contribution < 1.29 is 24.8 Å². The number of rotatable bonds is 21. The predicted octanol–water partition coefficient (Wildman–Crippen LogP) is 5.30. The highest BCUT2D eigenvalue weighted by molar-refractivity contribution is 4.87. The summed E-state index contributed by atoms with van der Waals surface area (Å²) in [6, 6.07) is 0. The molecule has 1 aliphatic rings. The van der Waals surface area contributed by atoms with Crippen LogP contribution in [0.4, 0.5) is 0 Å². The lowest BCUT2D eigenvalue weighted by Gasteiger charge is -2.20. The van der Waals surface area contributed by atoms with E-state index in [0.29, 0.717) is 6.61 Å². The van der Waals surface area contributed by atoms with Gasteiger partial charge < -0.3 is 24.8 Å². The van der Waals surface area contributed by atoms with Crippen LogP contribution in [0, 0.1) is 0 Å². The molecule has 1 fully saturated rings. The molecule has 0 unspecified atom stereocenters. The highest BCUT2D eigenvalue weighted by Gasteiger charge is 2.39. The molecule has 0 aromatic carbocycles.